The number of nitrogens with zero attached hydrogens (tertiary/aromatic N) is 4. The molecule has 0 radical (unpaired) electrons. The molecule has 0 spiro atoms. The third kappa shape index (κ3) is 5.59. The number of rotatable bonds is 5. The Labute approximate surface area is 198 Å². The van der Waals surface area contributed by atoms with E-state index in [1.165, 1.54) is 12.4 Å². The van der Waals surface area contributed by atoms with Gasteiger partial charge in [-0.3, -0.25) is 10.6 Å². The van der Waals surface area contributed by atoms with Gasteiger partial charge in [0.2, 0.25) is 0 Å². The van der Waals surface area contributed by atoms with E-state index in [9.17, 15) is 13.2 Å². The summed E-state index contributed by atoms with van der Waals surface area (Å²) >= 11 is 0. The maximum Gasteiger partial charge on any atom is 0.422 e. The van der Waals surface area contributed by atoms with Gasteiger partial charge in [-0.1, -0.05) is 0 Å². The van der Waals surface area contributed by atoms with Crippen molar-refractivity contribution < 1.29 is 17.9 Å². The molecule has 34 heavy (non-hydrogen) atoms. The lowest BCUT2D eigenvalue weighted by Crippen LogP contribution is -2.52. The number of piperazine rings is 1. The van der Waals surface area contributed by atoms with Crippen molar-refractivity contribution in [2.75, 3.05) is 57.8 Å². The lowest BCUT2D eigenvalue weighted by atomic mass is 9.94. The number of benzene rings is 1. The van der Waals surface area contributed by atoms with Gasteiger partial charge in [0.15, 0.2) is 12.3 Å². The van der Waals surface area contributed by atoms with Crippen molar-refractivity contribution in [1.29, 1.82) is 0 Å². The van der Waals surface area contributed by atoms with E-state index >= 15 is 0 Å². The highest BCUT2D eigenvalue weighted by molar-refractivity contribution is 5.65. The highest BCUT2D eigenvalue weighted by Gasteiger charge is 2.35. The SMILES string of the molecule is Cc1cc(C2(N)C=C(N)NC=N2)c(OCC(F)(F)F)cc1N1CCC(N2CCN(C)CC2)CC1. The van der Waals surface area contributed by atoms with Crippen LogP contribution in [0.15, 0.2) is 29.0 Å². The first-order valence-corrected chi connectivity index (χ1v) is 11.6. The normalized spacial score (nSPS) is 25.2. The molecule has 0 aliphatic carbocycles. The number of nitrogens with two attached hydrogens (primary N) is 2. The Kier molecular flexibility index (Phi) is 6.97. The van der Waals surface area contributed by atoms with Crippen molar-refractivity contribution in [1.82, 2.24) is 15.1 Å². The first-order valence-electron chi connectivity index (χ1n) is 11.6. The van der Waals surface area contributed by atoms with Crippen LogP contribution in [-0.4, -0.2) is 81.3 Å². The summed E-state index contributed by atoms with van der Waals surface area (Å²) in [7, 11) is 2.15. The largest absolute Gasteiger partial charge is 0.484 e. The average molecular weight is 482 g/mol. The van der Waals surface area contributed by atoms with Gasteiger partial charge in [-0.05, 0) is 38.4 Å². The minimum atomic E-state index is -4.48. The molecule has 3 aliphatic heterocycles. The van der Waals surface area contributed by atoms with Crippen LogP contribution in [0.2, 0.25) is 0 Å². The number of likely N-dealkylation sites (N-methyl/N-ethyl adjacent to an activating group) is 1. The lowest BCUT2D eigenvalue weighted by molar-refractivity contribution is -0.153. The molecule has 4 rings (SSSR count). The molecule has 188 valence electrons. The molecule has 1 aromatic carbocycles. The van der Waals surface area contributed by atoms with Crippen LogP contribution < -0.4 is 26.4 Å². The van der Waals surface area contributed by atoms with E-state index in [-0.39, 0.29) is 11.6 Å². The van der Waals surface area contributed by atoms with Crippen LogP contribution in [-0.2, 0) is 5.66 Å². The molecule has 2 saturated heterocycles. The van der Waals surface area contributed by atoms with E-state index < -0.39 is 18.4 Å². The van der Waals surface area contributed by atoms with E-state index in [0.29, 0.717) is 11.6 Å². The molecule has 0 saturated carbocycles. The number of ether oxygens (including phenoxy) is 1. The van der Waals surface area contributed by atoms with Gasteiger partial charge in [0.25, 0.3) is 0 Å². The first-order chi connectivity index (χ1) is 16.0. The summed E-state index contributed by atoms with van der Waals surface area (Å²) in [5.41, 5.74) is 13.0. The fourth-order valence-electron chi connectivity index (χ4n) is 4.95. The van der Waals surface area contributed by atoms with E-state index in [0.717, 1.165) is 63.4 Å². The van der Waals surface area contributed by atoms with Gasteiger partial charge >= 0.3 is 6.18 Å². The van der Waals surface area contributed by atoms with Crippen molar-refractivity contribution >= 4 is 12.0 Å². The number of hydrogen-bond acceptors (Lipinski definition) is 8. The van der Waals surface area contributed by atoms with Gasteiger partial charge in [0.05, 0.1) is 6.34 Å². The summed E-state index contributed by atoms with van der Waals surface area (Å²) in [5.74, 6) is 0.330. The van der Waals surface area contributed by atoms with Crippen LogP contribution in [0, 0.1) is 6.92 Å². The molecular weight excluding hydrogens is 447 g/mol. The third-order valence-corrected chi connectivity index (χ3v) is 6.87. The number of aryl methyl sites for hydroxylation is 1. The Bertz CT molecular complexity index is 935. The lowest BCUT2D eigenvalue weighted by Gasteiger charge is -2.43. The second-order valence-corrected chi connectivity index (χ2v) is 9.42. The molecule has 11 heteroatoms. The van der Waals surface area contributed by atoms with E-state index in [1.54, 1.807) is 12.1 Å². The van der Waals surface area contributed by atoms with Crippen LogP contribution in [0.25, 0.3) is 0 Å². The summed E-state index contributed by atoms with van der Waals surface area (Å²) in [6, 6.07) is 3.97. The molecule has 1 aromatic rings. The van der Waals surface area contributed by atoms with Crippen molar-refractivity contribution in [3.63, 3.8) is 0 Å². The fourth-order valence-corrected chi connectivity index (χ4v) is 4.95. The molecule has 0 bridgehead atoms. The van der Waals surface area contributed by atoms with Gasteiger partial charge in [0, 0.05) is 68.7 Å². The molecule has 0 aromatic heterocycles. The first kappa shape index (κ1) is 24.6. The average Bonchev–Trinajstić information content (AvgIpc) is 2.78. The number of hydrogen-bond donors (Lipinski definition) is 3. The molecular formula is C23H34F3N7O. The zero-order chi connectivity index (χ0) is 24.5. The van der Waals surface area contributed by atoms with Crippen molar-refractivity contribution in [2.24, 2.45) is 16.5 Å². The highest BCUT2D eigenvalue weighted by Crippen LogP contribution is 2.39. The molecule has 5 N–H and O–H groups in total. The maximum absolute atomic E-state index is 13.0. The topological polar surface area (TPSA) is 95.4 Å². The standard InChI is InChI=1S/C23H34F3N7O/c1-16-11-18(22(28)13-21(27)29-15-30-22)20(34-14-23(24,25)26)12-19(16)33-5-3-17(4-6-33)32-9-7-31(2)8-10-32/h11-13,15,17H,3-10,14,27-28H2,1-2H3,(H,29,30). The second kappa shape index (κ2) is 9.63. The summed E-state index contributed by atoms with van der Waals surface area (Å²) in [6.45, 7) is 6.50. The predicted molar refractivity (Wildman–Crippen MR) is 127 cm³/mol. The molecule has 1 unspecified atom stereocenters. The summed E-state index contributed by atoms with van der Waals surface area (Å²) in [5, 5.41) is 2.73. The summed E-state index contributed by atoms with van der Waals surface area (Å²) < 4.78 is 44.3. The Balaban J connectivity index is 1.56. The maximum atomic E-state index is 13.0. The number of halogens is 3. The fraction of sp³-hybridized carbons (Fsp3) is 0.609. The van der Waals surface area contributed by atoms with Crippen molar-refractivity contribution in [2.45, 2.75) is 37.6 Å². The molecule has 0 amide bonds. The van der Waals surface area contributed by atoms with E-state index in [1.807, 2.05) is 6.92 Å². The number of nitrogens with one attached hydrogen (secondary N) is 1. The Morgan fingerprint density at radius 2 is 1.82 bits per heavy atom. The van der Waals surface area contributed by atoms with E-state index in [2.05, 4.69) is 32.1 Å². The number of anilines is 1. The smallest absolute Gasteiger partial charge is 0.422 e. The number of piperidine rings is 1. The zero-order valence-corrected chi connectivity index (χ0v) is 19.7. The van der Waals surface area contributed by atoms with Crippen LogP contribution in [0.3, 0.4) is 0 Å². The van der Waals surface area contributed by atoms with Gasteiger partial charge in [0.1, 0.15) is 11.6 Å². The highest BCUT2D eigenvalue weighted by atomic mass is 19.4. The molecule has 3 heterocycles. The van der Waals surface area contributed by atoms with Crippen LogP contribution in [0.1, 0.15) is 24.0 Å². The Hall–Kier alpha value is -2.50. The van der Waals surface area contributed by atoms with Crippen molar-refractivity contribution in [3.05, 3.63) is 35.2 Å². The van der Waals surface area contributed by atoms with Crippen LogP contribution >= 0.6 is 0 Å². The Morgan fingerprint density at radius 1 is 1.15 bits per heavy atom. The minimum absolute atomic E-state index is 0.0599. The van der Waals surface area contributed by atoms with Gasteiger partial charge in [-0.25, -0.2) is 4.99 Å². The van der Waals surface area contributed by atoms with Gasteiger partial charge in [-0.15, -0.1) is 0 Å². The molecule has 3 aliphatic rings. The zero-order valence-electron chi connectivity index (χ0n) is 19.7. The van der Waals surface area contributed by atoms with Gasteiger partial charge < -0.3 is 25.6 Å². The van der Waals surface area contributed by atoms with Gasteiger partial charge in [-0.2, -0.15) is 13.2 Å². The minimum Gasteiger partial charge on any atom is -0.484 e. The number of alkyl halides is 3. The van der Waals surface area contributed by atoms with Crippen molar-refractivity contribution in [3.8, 4) is 5.75 Å². The summed E-state index contributed by atoms with van der Waals surface area (Å²) in [6.07, 6.45) is 0.370. The molecule has 1 atom stereocenters. The Morgan fingerprint density at radius 3 is 2.44 bits per heavy atom. The van der Waals surface area contributed by atoms with Crippen LogP contribution in [0.4, 0.5) is 18.9 Å². The number of aliphatic imine (C=N–C) groups is 1. The quantitative estimate of drug-likeness (QED) is 0.589. The van der Waals surface area contributed by atoms with Crippen LogP contribution in [0.5, 0.6) is 5.75 Å². The predicted octanol–water partition coefficient (Wildman–Crippen LogP) is 1.70. The van der Waals surface area contributed by atoms with E-state index in [4.69, 9.17) is 16.2 Å². The molecule has 2 fully saturated rings. The third-order valence-electron chi connectivity index (χ3n) is 6.87. The monoisotopic (exact) mass is 481 g/mol. The second-order valence-electron chi connectivity index (χ2n) is 9.42. The summed E-state index contributed by atoms with van der Waals surface area (Å²) in [4.78, 5) is 11.4. The molecule has 8 nitrogen and oxygen atoms in total.